The van der Waals surface area contributed by atoms with Crippen LogP contribution in [0.15, 0.2) is 17.2 Å². The molecule has 0 radical (unpaired) electrons. The van der Waals surface area contributed by atoms with Gasteiger partial charge in [-0.3, -0.25) is 0 Å². The number of nitrogens with two attached hydrogens (primary N) is 1. The van der Waals surface area contributed by atoms with E-state index in [0.717, 1.165) is 18.7 Å². The van der Waals surface area contributed by atoms with Gasteiger partial charge in [-0.05, 0) is 32.9 Å². The minimum Gasteiger partial charge on any atom is -0.346 e. The van der Waals surface area contributed by atoms with Crippen molar-refractivity contribution >= 4 is 10.0 Å². The molecule has 1 aromatic heterocycles. The summed E-state index contributed by atoms with van der Waals surface area (Å²) in [5.41, 5.74) is 0.942. The Morgan fingerprint density at radius 3 is 2.59 bits per heavy atom. The van der Waals surface area contributed by atoms with E-state index in [1.807, 2.05) is 18.4 Å². The monoisotopic (exact) mass is 259 g/mol. The number of primary sulfonamides is 1. The predicted molar refractivity (Wildman–Crippen MR) is 68.2 cm³/mol. The van der Waals surface area contributed by atoms with Crippen molar-refractivity contribution in [3.8, 4) is 0 Å². The fraction of sp³-hybridized carbons (Fsp3) is 0.636. The number of hydrogen-bond acceptors (Lipinski definition) is 3. The van der Waals surface area contributed by atoms with E-state index in [9.17, 15) is 8.42 Å². The van der Waals surface area contributed by atoms with Crippen molar-refractivity contribution in [1.82, 2.24) is 9.88 Å². The van der Waals surface area contributed by atoms with Crippen LogP contribution in [0.2, 0.25) is 0 Å². The average Bonchev–Trinajstić information content (AvgIpc) is 2.61. The molecular weight excluding hydrogens is 238 g/mol. The number of aromatic nitrogens is 1. The second-order valence-electron chi connectivity index (χ2n) is 4.39. The van der Waals surface area contributed by atoms with Crippen molar-refractivity contribution in [1.29, 1.82) is 0 Å². The Morgan fingerprint density at radius 1 is 1.47 bits per heavy atom. The van der Waals surface area contributed by atoms with Crippen LogP contribution in [0, 0.1) is 0 Å². The van der Waals surface area contributed by atoms with E-state index in [1.54, 1.807) is 12.3 Å². The van der Waals surface area contributed by atoms with Gasteiger partial charge in [0.1, 0.15) is 0 Å². The Morgan fingerprint density at radius 2 is 2.12 bits per heavy atom. The molecule has 0 aliphatic rings. The SMILES string of the molecule is CCCNCc1cc(S(N)(=O)=O)cn1C(C)C. The zero-order chi connectivity index (χ0) is 13.1. The first-order valence-electron chi connectivity index (χ1n) is 5.80. The first-order chi connectivity index (χ1) is 7.86. The summed E-state index contributed by atoms with van der Waals surface area (Å²) in [5, 5.41) is 8.39. The minimum atomic E-state index is -3.62. The molecule has 1 rings (SSSR count). The second kappa shape index (κ2) is 5.66. The summed E-state index contributed by atoms with van der Waals surface area (Å²) in [4.78, 5) is 0.180. The van der Waals surface area contributed by atoms with Crippen molar-refractivity contribution in [2.45, 2.75) is 44.7 Å². The standard InChI is InChI=1S/C11H21N3O2S/c1-4-5-13-7-10-6-11(17(12,15)16)8-14(10)9(2)3/h6,8-9,13H,4-5,7H2,1-3H3,(H2,12,15,16). The van der Waals surface area contributed by atoms with Gasteiger partial charge in [-0.25, -0.2) is 13.6 Å². The molecule has 0 saturated carbocycles. The highest BCUT2D eigenvalue weighted by atomic mass is 32.2. The van der Waals surface area contributed by atoms with Gasteiger partial charge in [0.15, 0.2) is 0 Å². The van der Waals surface area contributed by atoms with Crippen LogP contribution in [-0.4, -0.2) is 19.5 Å². The highest BCUT2D eigenvalue weighted by molar-refractivity contribution is 7.89. The maximum Gasteiger partial charge on any atom is 0.239 e. The van der Waals surface area contributed by atoms with E-state index >= 15 is 0 Å². The molecule has 0 aliphatic heterocycles. The van der Waals surface area contributed by atoms with Crippen LogP contribution in [0.3, 0.4) is 0 Å². The van der Waals surface area contributed by atoms with Crippen LogP contribution in [0.1, 0.15) is 38.9 Å². The number of sulfonamides is 1. The molecule has 1 heterocycles. The molecule has 98 valence electrons. The molecule has 0 saturated heterocycles. The van der Waals surface area contributed by atoms with Gasteiger partial charge in [-0.15, -0.1) is 0 Å². The molecular formula is C11H21N3O2S. The summed E-state index contributed by atoms with van der Waals surface area (Å²) in [6.45, 7) is 7.67. The van der Waals surface area contributed by atoms with Gasteiger partial charge in [0, 0.05) is 24.5 Å². The lowest BCUT2D eigenvalue weighted by molar-refractivity contribution is 0.550. The van der Waals surface area contributed by atoms with Crippen molar-refractivity contribution in [2.24, 2.45) is 5.14 Å². The molecule has 0 bridgehead atoms. The molecule has 5 nitrogen and oxygen atoms in total. The van der Waals surface area contributed by atoms with Gasteiger partial charge in [-0.2, -0.15) is 0 Å². The van der Waals surface area contributed by atoms with Crippen LogP contribution in [0.4, 0.5) is 0 Å². The largest absolute Gasteiger partial charge is 0.346 e. The summed E-state index contributed by atoms with van der Waals surface area (Å²) in [6.07, 6.45) is 2.65. The quantitative estimate of drug-likeness (QED) is 0.754. The third-order valence-electron chi connectivity index (χ3n) is 2.52. The lowest BCUT2D eigenvalue weighted by atomic mass is 10.3. The first-order valence-corrected chi connectivity index (χ1v) is 7.35. The van der Waals surface area contributed by atoms with Crippen molar-refractivity contribution in [2.75, 3.05) is 6.54 Å². The summed E-state index contributed by atoms with van der Waals surface area (Å²) < 4.78 is 24.5. The minimum absolute atomic E-state index is 0.180. The van der Waals surface area contributed by atoms with E-state index in [1.165, 1.54) is 0 Å². The Hall–Kier alpha value is -0.850. The first kappa shape index (κ1) is 14.2. The number of rotatable bonds is 6. The van der Waals surface area contributed by atoms with E-state index in [2.05, 4.69) is 12.2 Å². The van der Waals surface area contributed by atoms with E-state index in [-0.39, 0.29) is 10.9 Å². The fourth-order valence-electron chi connectivity index (χ4n) is 1.67. The molecule has 0 atom stereocenters. The van der Waals surface area contributed by atoms with Gasteiger partial charge in [0.05, 0.1) is 4.90 Å². The molecule has 0 aliphatic carbocycles. The third-order valence-corrected chi connectivity index (χ3v) is 3.40. The normalized spacial score (nSPS) is 12.3. The Balaban J connectivity index is 2.98. The van der Waals surface area contributed by atoms with E-state index < -0.39 is 10.0 Å². The summed E-state index contributed by atoms with van der Waals surface area (Å²) in [5.74, 6) is 0. The predicted octanol–water partition coefficient (Wildman–Crippen LogP) is 1.22. The smallest absolute Gasteiger partial charge is 0.239 e. The fourth-order valence-corrected chi connectivity index (χ4v) is 2.23. The number of nitrogens with one attached hydrogen (secondary N) is 1. The zero-order valence-electron chi connectivity index (χ0n) is 10.6. The molecule has 0 aromatic carbocycles. The highest BCUT2D eigenvalue weighted by Crippen LogP contribution is 2.17. The van der Waals surface area contributed by atoms with Crippen molar-refractivity contribution in [3.05, 3.63) is 18.0 Å². The summed E-state index contributed by atoms with van der Waals surface area (Å²) >= 11 is 0. The van der Waals surface area contributed by atoms with Crippen LogP contribution >= 0.6 is 0 Å². The maximum absolute atomic E-state index is 11.3. The zero-order valence-corrected chi connectivity index (χ0v) is 11.4. The molecule has 0 fully saturated rings. The molecule has 0 amide bonds. The van der Waals surface area contributed by atoms with E-state index in [0.29, 0.717) is 6.54 Å². The maximum atomic E-state index is 11.3. The second-order valence-corrected chi connectivity index (χ2v) is 5.95. The Labute approximate surface area is 103 Å². The lowest BCUT2D eigenvalue weighted by Gasteiger charge is -2.12. The molecule has 1 aromatic rings. The van der Waals surface area contributed by atoms with Crippen LogP contribution in [-0.2, 0) is 16.6 Å². The van der Waals surface area contributed by atoms with Gasteiger partial charge < -0.3 is 9.88 Å². The molecule has 17 heavy (non-hydrogen) atoms. The van der Waals surface area contributed by atoms with Gasteiger partial charge >= 0.3 is 0 Å². The summed E-state index contributed by atoms with van der Waals surface area (Å²) in [7, 11) is -3.62. The van der Waals surface area contributed by atoms with E-state index in [4.69, 9.17) is 5.14 Å². The van der Waals surface area contributed by atoms with Crippen molar-refractivity contribution < 1.29 is 8.42 Å². The van der Waals surface area contributed by atoms with Crippen LogP contribution in [0.25, 0.3) is 0 Å². The Kier molecular flexibility index (Phi) is 4.73. The lowest BCUT2D eigenvalue weighted by Crippen LogP contribution is -2.17. The molecule has 3 N–H and O–H groups in total. The molecule has 0 unspecified atom stereocenters. The van der Waals surface area contributed by atoms with Crippen LogP contribution in [0.5, 0.6) is 0 Å². The summed E-state index contributed by atoms with van der Waals surface area (Å²) in [6, 6.07) is 1.85. The topological polar surface area (TPSA) is 77.1 Å². The highest BCUT2D eigenvalue weighted by Gasteiger charge is 2.15. The average molecular weight is 259 g/mol. The van der Waals surface area contributed by atoms with Crippen LogP contribution < -0.4 is 10.5 Å². The van der Waals surface area contributed by atoms with Gasteiger partial charge in [-0.1, -0.05) is 6.92 Å². The Bertz CT molecular complexity index is 463. The third kappa shape index (κ3) is 3.83. The van der Waals surface area contributed by atoms with Gasteiger partial charge in [0.25, 0.3) is 0 Å². The molecule has 6 heteroatoms. The van der Waals surface area contributed by atoms with Crippen molar-refractivity contribution in [3.63, 3.8) is 0 Å². The van der Waals surface area contributed by atoms with Gasteiger partial charge in [0.2, 0.25) is 10.0 Å². The number of nitrogens with zero attached hydrogens (tertiary/aromatic N) is 1. The molecule has 0 spiro atoms. The number of hydrogen-bond donors (Lipinski definition) is 2.